The van der Waals surface area contributed by atoms with E-state index in [4.69, 9.17) is 11.5 Å². The molecule has 0 aliphatic heterocycles. The first-order valence-electron chi connectivity index (χ1n) is 13.2. The van der Waals surface area contributed by atoms with Crippen LogP contribution in [0.15, 0.2) is 72.9 Å². The van der Waals surface area contributed by atoms with E-state index in [2.05, 4.69) is 66.8 Å². The number of hydrogen-bond acceptors (Lipinski definition) is 4. The third-order valence-electron chi connectivity index (χ3n) is 5.57. The lowest BCUT2D eigenvalue weighted by Crippen LogP contribution is -2.31. The molecular formula is C30H52N2O2. The van der Waals surface area contributed by atoms with Crippen LogP contribution in [0.3, 0.4) is 0 Å². The maximum absolute atomic E-state index is 9.66. The molecule has 0 aliphatic rings. The minimum Gasteiger partial charge on any atom is -0.392 e. The topological polar surface area (TPSA) is 92.5 Å². The monoisotopic (exact) mass is 472 g/mol. The van der Waals surface area contributed by atoms with Gasteiger partial charge in [0, 0.05) is 12.1 Å². The molecule has 0 spiro atoms. The van der Waals surface area contributed by atoms with E-state index in [0.717, 1.165) is 51.4 Å². The van der Waals surface area contributed by atoms with Crippen molar-refractivity contribution in [3.05, 3.63) is 72.9 Å². The molecule has 0 aliphatic carbocycles. The highest BCUT2D eigenvalue weighted by Crippen LogP contribution is 2.09. The van der Waals surface area contributed by atoms with Gasteiger partial charge in [0.15, 0.2) is 0 Å². The highest BCUT2D eigenvalue weighted by Gasteiger charge is 2.08. The Bertz CT molecular complexity index is 615. The van der Waals surface area contributed by atoms with Crippen molar-refractivity contribution in [2.24, 2.45) is 11.5 Å². The van der Waals surface area contributed by atoms with Crippen LogP contribution in [-0.4, -0.2) is 34.5 Å². The van der Waals surface area contributed by atoms with Crippen LogP contribution in [0.5, 0.6) is 0 Å². The number of nitrogens with two attached hydrogens (primary N) is 2. The molecule has 34 heavy (non-hydrogen) atoms. The lowest BCUT2D eigenvalue weighted by molar-refractivity contribution is 0.138. The molecule has 194 valence electrons. The summed E-state index contributed by atoms with van der Waals surface area (Å²) < 4.78 is 0. The van der Waals surface area contributed by atoms with E-state index in [9.17, 15) is 10.2 Å². The highest BCUT2D eigenvalue weighted by atomic mass is 16.3. The van der Waals surface area contributed by atoms with Gasteiger partial charge < -0.3 is 21.7 Å². The Morgan fingerprint density at radius 2 is 0.882 bits per heavy atom. The lowest BCUT2D eigenvalue weighted by Gasteiger charge is -2.13. The minimum atomic E-state index is -0.451. The van der Waals surface area contributed by atoms with Gasteiger partial charge in [-0.2, -0.15) is 0 Å². The second-order valence-electron chi connectivity index (χ2n) is 9.09. The molecule has 0 aromatic heterocycles. The van der Waals surface area contributed by atoms with Crippen molar-refractivity contribution in [3.63, 3.8) is 0 Å². The standard InChI is InChI=1S/C30H52N2O2/c1-27(31)29(33)25-23-21-19-17-15-13-11-9-7-5-3-4-6-8-10-12-14-16-18-20-22-24-26-30(34)28(2)32/h3,5-6,8-9,11-12,14-15,17,21,23,27-30,33-34H,4,7,10,13,16,18-20,22,24-26,31-32H2,1-2H3/b5-3+,8-6+,11-9+,14-12+,17-15+,23-21+/t27-,28-,29?,30?/m0/s1. The van der Waals surface area contributed by atoms with Crippen molar-refractivity contribution in [3.8, 4) is 0 Å². The van der Waals surface area contributed by atoms with E-state index in [1.54, 1.807) is 0 Å². The lowest BCUT2D eigenvalue weighted by atomic mass is 10.0. The average molecular weight is 473 g/mol. The quantitative estimate of drug-likeness (QED) is 0.114. The average Bonchev–Trinajstić information content (AvgIpc) is 2.81. The largest absolute Gasteiger partial charge is 0.392 e. The SMILES string of the molecule is C[C@H](N)C(O)C/C=C/C/C=C/C/C=C/C/C=C/C/C=C/C/C=C/CCCCCCC(O)[C@H](C)N. The maximum Gasteiger partial charge on any atom is 0.0722 e. The predicted molar refractivity (Wildman–Crippen MR) is 150 cm³/mol. The van der Waals surface area contributed by atoms with Crippen molar-refractivity contribution >= 4 is 0 Å². The van der Waals surface area contributed by atoms with E-state index in [-0.39, 0.29) is 18.2 Å². The smallest absolute Gasteiger partial charge is 0.0722 e. The summed E-state index contributed by atoms with van der Waals surface area (Å²) >= 11 is 0. The summed E-state index contributed by atoms with van der Waals surface area (Å²) in [7, 11) is 0. The first kappa shape index (κ1) is 32.3. The van der Waals surface area contributed by atoms with Crippen molar-refractivity contribution in [1.29, 1.82) is 0 Å². The Morgan fingerprint density at radius 3 is 1.32 bits per heavy atom. The van der Waals surface area contributed by atoms with Crippen LogP contribution in [0.25, 0.3) is 0 Å². The fraction of sp³-hybridized carbons (Fsp3) is 0.600. The second-order valence-corrected chi connectivity index (χ2v) is 9.09. The van der Waals surface area contributed by atoms with Gasteiger partial charge in [0.25, 0.3) is 0 Å². The van der Waals surface area contributed by atoms with E-state index in [1.807, 2.05) is 19.9 Å². The van der Waals surface area contributed by atoms with Crippen LogP contribution in [0.1, 0.15) is 90.9 Å². The van der Waals surface area contributed by atoms with Crippen LogP contribution in [0.4, 0.5) is 0 Å². The predicted octanol–water partition coefficient (Wildman–Crippen LogP) is 6.42. The van der Waals surface area contributed by atoms with Gasteiger partial charge >= 0.3 is 0 Å². The van der Waals surface area contributed by atoms with Crippen LogP contribution in [-0.2, 0) is 0 Å². The van der Waals surface area contributed by atoms with E-state index < -0.39 is 6.10 Å². The number of unbranched alkanes of at least 4 members (excludes halogenated alkanes) is 4. The van der Waals surface area contributed by atoms with Gasteiger partial charge in [-0.1, -0.05) is 92.2 Å². The zero-order chi connectivity index (χ0) is 25.3. The summed E-state index contributed by atoms with van der Waals surface area (Å²) in [5, 5.41) is 19.3. The van der Waals surface area contributed by atoms with Gasteiger partial charge in [-0.3, -0.25) is 0 Å². The van der Waals surface area contributed by atoms with Crippen molar-refractivity contribution in [2.75, 3.05) is 0 Å². The molecule has 6 N–H and O–H groups in total. The van der Waals surface area contributed by atoms with Crippen LogP contribution < -0.4 is 11.5 Å². The van der Waals surface area contributed by atoms with Crippen molar-refractivity contribution < 1.29 is 10.2 Å². The van der Waals surface area contributed by atoms with Crippen LogP contribution in [0, 0.1) is 0 Å². The van der Waals surface area contributed by atoms with E-state index in [1.165, 1.54) is 19.3 Å². The molecule has 0 aromatic rings. The van der Waals surface area contributed by atoms with Gasteiger partial charge in [-0.05, 0) is 71.6 Å². The molecule has 0 aromatic carbocycles. The summed E-state index contributed by atoms with van der Waals surface area (Å²) in [6.45, 7) is 3.68. The molecule has 0 amide bonds. The van der Waals surface area contributed by atoms with Gasteiger partial charge in [-0.25, -0.2) is 0 Å². The number of allylic oxidation sites excluding steroid dienone is 11. The molecule has 0 saturated heterocycles. The Morgan fingerprint density at radius 1 is 0.500 bits per heavy atom. The first-order chi connectivity index (χ1) is 16.4. The Labute approximate surface area is 209 Å². The van der Waals surface area contributed by atoms with E-state index >= 15 is 0 Å². The fourth-order valence-electron chi connectivity index (χ4n) is 3.16. The fourth-order valence-corrected chi connectivity index (χ4v) is 3.16. The summed E-state index contributed by atoms with van der Waals surface area (Å²) in [5.41, 5.74) is 11.3. The van der Waals surface area contributed by atoms with Crippen molar-refractivity contribution in [1.82, 2.24) is 0 Å². The molecular weight excluding hydrogens is 420 g/mol. The van der Waals surface area contributed by atoms with Gasteiger partial charge in [0.05, 0.1) is 12.2 Å². The van der Waals surface area contributed by atoms with Gasteiger partial charge in [0.2, 0.25) is 0 Å². The molecule has 0 heterocycles. The third kappa shape index (κ3) is 23.4. The molecule has 0 saturated carbocycles. The minimum absolute atomic E-state index is 0.117. The Kier molecular flexibility index (Phi) is 23.2. The van der Waals surface area contributed by atoms with Crippen LogP contribution in [0.2, 0.25) is 0 Å². The molecule has 0 radical (unpaired) electrons. The number of aliphatic hydroxyl groups is 2. The highest BCUT2D eigenvalue weighted by molar-refractivity contribution is 5.01. The molecule has 0 bridgehead atoms. The molecule has 4 atom stereocenters. The zero-order valence-electron chi connectivity index (χ0n) is 21.8. The Hall–Kier alpha value is -1.72. The van der Waals surface area contributed by atoms with Gasteiger partial charge in [0.1, 0.15) is 0 Å². The van der Waals surface area contributed by atoms with Crippen LogP contribution >= 0.6 is 0 Å². The van der Waals surface area contributed by atoms with Crippen molar-refractivity contribution in [2.45, 2.75) is 115 Å². The summed E-state index contributed by atoms with van der Waals surface area (Å²) in [5.74, 6) is 0. The Balaban J connectivity index is 3.54. The second kappa shape index (κ2) is 24.4. The zero-order valence-corrected chi connectivity index (χ0v) is 21.8. The normalized spacial score (nSPS) is 16.8. The van der Waals surface area contributed by atoms with Gasteiger partial charge in [-0.15, -0.1) is 0 Å². The summed E-state index contributed by atoms with van der Waals surface area (Å²) in [6.07, 6.45) is 37.4. The number of hydrogen-bond donors (Lipinski definition) is 4. The third-order valence-corrected chi connectivity index (χ3v) is 5.57. The summed E-state index contributed by atoms with van der Waals surface area (Å²) in [6, 6.07) is -0.295. The maximum atomic E-state index is 9.66. The molecule has 0 rings (SSSR count). The summed E-state index contributed by atoms with van der Waals surface area (Å²) in [4.78, 5) is 0. The first-order valence-corrected chi connectivity index (χ1v) is 13.2. The molecule has 4 heteroatoms. The molecule has 0 fully saturated rings. The molecule has 4 nitrogen and oxygen atoms in total. The van der Waals surface area contributed by atoms with E-state index in [0.29, 0.717) is 6.42 Å². The number of aliphatic hydroxyl groups excluding tert-OH is 2. The molecule has 2 unspecified atom stereocenters. The number of rotatable bonds is 21.